The summed E-state index contributed by atoms with van der Waals surface area (Å²) in [6, 6.07) is 0. The minimum absolute atomic E-state index is 0.167. The Morgan fingerprint density at radius 3 is 2.79 bits per heavy atom. The molecule has 0 aromatic heterocycles. The highest BCUT2D eigenvalue weighted by atomic mass is 16.5. The number of methoxy groups -OCH3 is 1. The van der Waals surface area contributed by atoms with Crippen molar-refractivity contribution < 1.29 is 19.7 Å². The number of nitrogens with zero attached hydrogens (tertiary/aromatic N) is 1. The van der Waals surface area contributed by atoms with Gasteiger partial charge in [0.1, 0.15) is 0 Å². The highest BCUT2D eigenvalue weighted by Gasteiger charge is 2.13. The van der Waals surface area contributed by atoms with Crippen LogP contribution < -0.4 is 0 Å². The van der Waals surface area contributed by atoms with Gasteiger partial charge in [-0.2, -0.15) is 0 Å². The average Bonchev–Trinajstić information content (AvgIpc) is 2.03. The summed E-state index contributed by atoms with van der Waals surface area (Å²) in [5.41, 5.74) is 0. The summed E-state index contributed by atoms with van der Waals surface area (Å²) >= 11 is 0. The van der Waals surface area contributed by atoms with Crippen molar-refractivity contribution in [2.75, 3.05) is 33.4 Å². The second kappa shape index (κ2) is 7.33. The van der Waals surface area contributed by atoms with E-state index >= 15 is 0 Å². The summed E-state index contributed by atoms with van der Waals surface area (Å²) in [4.78, 5) is 11.9. The lowest BCUT2D eigenvalue weighted by atomic mass is 10.3. The number of ether oxygens (including phenoxy) is 1. The van der Waals surface area contributed by atoms with Gasteiger partial charge in [0.05, 0.1) is 25.8 Å². The van der Waals surface area contributed by atoms with E-state index in [1.807, 2.05) is 0 Å². The number of hydrogen-bond donors (Lipinski definition) is 2. The predicted molar refractivity (Wildman–Crippen MR) is 50.8 cm³/mol. The summed E-state index contributed by atoms with van der Waals surface area (Å²) in [6.45, 7) is 0.392. The number of aliphatic hydroxyl groups is 1. The molecule has 0 aliphatic heterocycles. The lowest BCUT2D eigenvalue weighted by Gasteiger charge is -2.20. The van der Waals surface area contributed by atoms with Gasteiger partial charge in [-0.25, -0.2) is 0 Å². The predicted octanol–water partition coefficient (Wildman–Crippen LogP) is -0.986. The van der Waals surface area contributed by atoms with Crippen LogP contribution in [0.15, 0.2) is 0 Å². The molecule has 5 nitrogen and oxygen atoms in total. The number of rotatable bonds is 7. The van der Waals surface area contributed by atoms with Gasteiger partial charge in [0.25, 0.3) is 0 Å². The highest BCUT2D eigenvalue weighted by Crippen LogP contribution is 1.93. The Hall–Kier alpha value is -1.09. The van der Waals surface area contributed by atoms with Crippen molar-refractivity contribution in [1.82, 2.24) is 4.90 Å². The van der Waals surface area contributed by atoms with E-state index < -0.39 is 12.1 Å². The van der Waals surface area contributed by atoms with Gasteiger partial charge in [0.2, 0.25) is 0 Å². The van der Waals surface area contributed by atoms with Crippen LogP contribution in [0.2, 0.25) is 0 Å². The van der Waals surface area contributed by atoms with Gasteiger partial charge in [0, 0.05) is 13.7 Å². The summed E-state index contributed by atoms with van der Waals surface area (Å²) < 4.78 is 4.71. The van der Waals surface area contributed by atoms with Crippen LogP contribution in [0.1, 0.15) is 0 Å². The Balaban J connectivity index is 3.95. The van der Waals surface area contributed by atoms with E-state index in [2.05, 4.69) is 5.92 Å². The zero-order chi connectivity index (χ0) is 11.0. The van der Waals surface area contributed by atoms with Crippen molar-refractivity contribution in [3.63, 3.8) is 0 Å². The van der Waals surface area contributed by atoms with E-state index in [4.69, 9.17) is 16.3 Å². The molecule has 0 fully saturated rings. The Bertz CT molecular complexity index is 211. The first-order valence-corrected chi connectivity index (χ1v) is 4.14. The zero-order valence-electron chi connectivity index (χ0n) is 8.14. The summed E-state index contributed by atoms with van der Waals surface area (Å²) in [7, 11) is 1.46. The minimum atomic E-state index is -0.968. The highest BCUT2D eigenvalue weighted by molar-refractivity contribution is 5.69. The minimum Gasteiger partial charge on any atom is -0.480 e. The fourth-order valence-electron chi connectivity index (χ4n) is 1.05. The van der Waals surface area contributed by atoms with Crippen molar-refractivity contribution >= 4 is 5.97 Å². The normalized spacial score (nSPS) is 12.4. The molecule has 0 aromatic carbocycles. The van der Waals surface area contributed by atoms with Crippen LogP contribution >= 0.6 is 0 Å². The molecule has 0 rings (SSSR count). The largest absolute Gasteiger partial charge is 0.480 e. The molecule has 0 saturated carbocycles. The molecule has 0 radical (unpaired) electrons. The topological polar surface area (TPSA) is 70.0 Å². The van der Waals surface area contributed by atoms with Crippen molar-refractivity contribution in [3.8, 4) is 12.3 Å². The van der Waals surface area contributed by atoms with Crippen LogP contribution in [0.4, 0.5) is 0 Å². The van der Waals surface area contributed by atoms with Gasteiger partial charge < -0.3 is 14.9 Å². The molecule has 0 spiro atoms. The number of aliphatic hydroxyl groups excluding tert-OH is 1. The first-order valence-electron chi connectivity index (χ1n) is 4.14. The molecule has 0 aliphatic rings. The van der Waals surface area contributed by atoms with Gasteiger partial charge in [-0.1, -0.05) is 5.92 Å². The molecule has 0 aromatic rings. The first-order chi connectivity index (χ1) is 6.60. The lowest BCUT2D eigenvalue weighted by Crippen LogP contribution is -2.38. The second-order valence-electron chi connectivity index (χ2n) is 2.88. The molecule has 14 heavy (non-hydrogen) atoms. The van der Waals surface area contributed by atoms with Crippen LogP contribution in [-0.4, -0.2) is 60.5 Å². The third-order valence-electron chi connectivity index (χ3n) is 1.50. The summed E-state index contributed by atoms with van der Waals surface area (Å²) in [5, 5.41) is 17.9. The van der Waals surface area contributed by atoms with Gasteiger partial charge in [-0.05, 0) is 0 Å². The van der Waals surface area contributed by atoms with Gasteiger partial charge >= 0.3 is 5.97 Å². The maximum absolute atomic E-state index is 10.4. The van der Waals surface area contributed by atoms with Gasteiger partial charge in [-0.15, -0.1) is 6.42 Å². The fourth-order valence-corrected chi connectivity index (χ4v) is 1.05. The smallest absolute Gasteiger partial charge is 0.317 e. The Morgan fingerprint density at radius 2 is 2.36 bits per heavy atom. The van der Waals surface area contributed by atoms with Gasteiger partial charge in [0.15, 0.2) is 0 Å². The molecular weight excluding hydrogens is 186 g/mol. The van der Waals surface area contributed by atoms with E-state index in [0.717, 1.165) is 0 Å². The van der Waals surface area contributed by atoms with Crippen molar-refractivity contribution in [3.05, 3.63) is 0 Å². The van der Waals surface area contributed by atoms with Crippen molar-refractivity contribution in [1.29, 1.82) is 0 Å². The molecule has 0 aliphatic carbocycles. The first kappa shape index (κ1) is 12.9. The number of hydrogen-bond acceptors (Lipinski definition) is 4. The van der Waals surface area contributed by atoms with E-state index in [1.165, 1.54) is 12.0 Å². The molecule has 0 amide bonds. The van der Waals surface area contributed by atoms with Crippen molar-refractivity contribution in [2.45, 2.75) is 6.10 Å². The van der Waals surface area contributed by atoms with Crippen molar-refractivity contribution in [2.24, 2.45) is 0 Å². The summed E-state index contributed by atoms with van der Waals surface area (Å²) in [6.07, 6.45) is 4.34. The molecule has 1 unspecified atom stereocenters. The maximum atomic E-state index is 10.4. The number of aliphatic carboxylic acids is 1. The Labute approximate surface area is 83.3 Å². The zero-order valence-corrected chi connectivity index (χ0v) is 8.14. The number of carboxylic acid groups (broad SMARTS) is 1. The third kappa shape index (κ3) is 6.43. The molecule has 80 valence electrons. The lowest BCUT2D eigenvalue weighted by molar-refractivity contribution is -0.138. The Kier molecular flexibility index (Phi) is 6.76. The van der Waals surface area contributed by atoms with E-state index in [9.17, 15) is 9.90 Å². The molecular formula is C9H15NO4. The van der Waals surface area contributed by atoms with Crippen LogP contribution in [0, 0.1) is 12.3 Å². The monoisotopic (exact) mass is 201 g/mol. The standard InChI is InChI=1S/C9H15NO4/c1-3-4-10(6-9(12)13)5-8(11)7-14-2/h1,8,11H,4-7H2,2H3,(H,12,13). The molecule has 0 heterocycles. The molecule has 1 atom stereocenters. The molecule has 5 heteroatoms. The van der Waals surface area contributed by atoms with Crippen LogP contribution in [0.25, 0.3) is 0 Å². The second-order valence-corrected chi connectivity index (χ2v) is 2.88. The third-order valence-corrected chi connectivity index (χ3v) is 1.50. The summed E-state index contributed by atoms with van der Waals surface area (Å²) in [5.74, 6) is 1.36. The molecule has 0 bridgehead atoms. The average molecular weight is 201 g/mol. The number of terminal acetylenes is 1. The van der Waals surface area contributed by atoms with Crippen LogP contribution in [0.3, 0.4) is 0 Å². The SMILES string of the molecule is C#CCN(CC(=O)O)CC(O)COC. The Morgan fingerprint density at radius 1 is 1.71 bits per heavy atom. The number of carboxylic acids is 1. The van der Waals surface area contributed by atoms with Crippen LogP contribution in [0.5, 0.6) is 0 Å². The quantitative estimate of drug-likeness (QED) is 0.518. The van der Waals surface area contributed by atoms with Crippen LogP contribution in [-0.2, 0) is 9.53 Å². The van der Waals surface area contributed by atoms with E-state index in [-0.39, 0.29) is 26.2 Å². The van der Waals surface area contributed by atoms with E-state index in [0.29, 0.717) is 0 Å². The molecule has 2 N–H and O–H groups in total. The number of carbonyl (C=O) groups is 1. The van der Waals surface area contributed by atoms with E-state index in [1.54, 1.807) is 0 Å². The fraction of sp³-hybridized carbons (Fsp3) is 0.667. The molecule has 0 saturated heterocycles. The maximum Gasteiger partial charge on any atom is 0.317 e. The van der Waals surface area contributed by atoms with Gasteiger partial charge in [-0.3, -0.25) is 9.69 Å².